The molecule has 2 N–H and O–H groups in total. The maximum Gasteiger partial charge on any atom is 0.227 e. The van der Waals surface area contributed by atoms with Crippen LogP contribution >= 0.6 is 0 Å². The predicted molar refractivity (Wildman–Crippen MR) is 74.1 cm³/mol. The van der Waals surface area contributed by atoms with Crippen LogP contribution in [0, 0.1) is 11.8 Å². The second-order valence-electron chi connectivity index (χ2n) is 6.19. The minimum absolute atomic E-state index is 0.0803. The van der Waals surface area contributed by atoms with Crippen LogP contribution in [0.2, 0.25) is 0 Å². The zero-order valence-corrected chi connectivity index (χ0v) is 11.7. The summed E-state index contributed by atoms with van der Waals surface area (Å²) in [5.41, 5.74) is 6.25. The summed E-state index contributed by atoms with van der Waals surface area (Å²) in [5.74, 6) is 0.937. The molecule has 1 heterocycles. The fourth-order valence-electron chi connectivity index (χ4n) is 3.43. The van der Waals surface area contributed by atoms with E-state index in [0.717, 1.165) is 19.5 Å². The zero-order valence-electron chi connectivity index (χ0n) is 11.7. The number of nitrogens with two attached hydrogens (primary N) is 1. The van der Waals surface area contributed by atoms with Gasteiger partial charge in [-0.3, -0.25) is 4.79 Å². The summed E-state index contributed by atoms with van der Waals surface area (Å²) < 4.78 is 0. The smallest absolute Gasteiger partial charge is 0.227 e. The van der Waals surface area contributed by atoms with Crippen molar-refractivity contribution in [2.45, 2.75) is 64.3 Å². The average Bonchev–Trinajstić information content (AvgIpc) is 2.31. The molecule has 0 aromatic rings. The molecular weight excluding hydrogens is 224 g/mol. The number of nitrogens with zero attached hydrogens (tertiary/aromatic N) is 1. The molecule has 0 spiro atoms. The summed E-state index contributed by atoms with van der Waals surface area (Å²) in [6.45, 7) is 4.10. The SMILES string of the molecule is CC1CCCC(C(=O)N2CCCCCCC2)C1N. The Balaban J connectivity index is 1.95. The molecule has 3 heteroatoms. The van der Waals surface area contributed by atoms with Crippen LogP contribution in [0.4, 0.5) is 0 Å². The second kappa shape index (κ2) is 6.55. The van der Waals surface area contributed by atoms with E-state index in [4.69, 9.17) is 5.73 Å². The first-order valence-electron chi connectivity index (χ1n) is 7.74. The molecule has 3 unspecified atom stereocenters. The van der Waals surface area contributed by atoms with Crippen LogP contribution in [0.3, 0.4) is 0 Å². The summed E-state index contributed by atoms with van der Waals surface area (Å²) in [6.07, 6.45) is 9.58. The van der Waals surface area contributed by atoms with Crippen molar-refractivity contribution in [3.05, 3.63) is 0 Å². The topological polar surface area (TPSA) is 46.3 Å². The Morgan fingerprint density at radius 2 is 1.61 bits per heavy atom. The van der Waals surface area contributed by atoms with Gasteiger partial charge >= 0.3 is 0 Å². The third-order valence-electron chi connectivity index (χ3n) is 4.78. The van der Waals surface area contributed by atoms with Crippen molar-refractivity contribution in [1.82, 2.24) is 4.90 Å². The molecule has 3 atom stereocenters. The Morgan fingerprint density at radius 1 is 1.00 bits per heavy atom. The summed E-state index contributed by atoms with van der Waals surface area (Å²) >= 11 is 0. The van der Waals surface area contributed by atoms with Gasteiger partial charge in [-0.05, 0) is 31.6 Å². The van der Waals surface area contributed by atoms with Crippen molar-refractivity contribution in [2.75, 3.05) is 13.1 Å². The normalized spacial score (nSPS) is 34.8. The molecule has 0 aromatic heterocycles. The van der Waals surface area contributed by atoms with Gasteiger partial charge in [-0.1, -0.05) is 32.6 Å². The third kappa shape index (κ3) is 3.25. The molecule has 18 heavy (non-hydrogen) atoms. The third-order valence-corrected chi connectivity index (χ3v) is 4.78. The van der Waals surface area contributed by atoms with Gasteiger partial charge in [-0.15, -0.1) is 0 Å². The van der Waals surface area contributed by atoms with Gasteiger partial charge in [0.25, 0.3) is 0 Å². The van der Waals surface area contributed by atoms with Crippen LogP contribution in [0.5, 0.6) is 0 Å². The van der Waals surface area contributed by atoms with Gasteiger partial charge < -0.3 is 10.6 Å². The molecular formula is C15H28N2O. The molecule has 2 aliphatic rings. The minimum atomic E-state index is 0.0803. The van der Waals surface area contributed by atoms with Crippen LogP contribution in [0.25, 0.3) is 0 Å². The van der Waals surface area contributed by atoms with Crippen molar-refractivity contribution in [1.29, 1.82) is 0 Å². The molecule has 0 aromatic carbocycles. The largest absolute Gasteiger partial charge is 0.342 e. The Bertz CT molecular complexity index is 272. The molecule has 1 aliphatic carbocycles. The summed E-state index contributed by atoms with van der Waals surface area (Å²) in [5, 5.41) is 0. The molecule has 1 amide bonds. The number of amides is 1. The van der Waals surface area contributed by atoms with E-state index in [1.807, 2.05) is 0 Å². The highest BCUT2D eigenvalue weighted by atomic mass is 16.2. The molecule has 2 fully saturated rings. The number of rotatable bonds is 1. The maximum atomic E-state index is 12.6. The highest BCUT2D eigenvalue weighted by Gasteiger charge is 2.35. The highest BCUT2D eigenvalue weighted by Crippen LogP contribution is 2.29. The van der Waals surface area contributed by atoms with Gasteiger partial charge in [-0.2, -0.15) is 0 Å². The van der Waals surface area contributed by atoms with Crippen LogP contribution in [0.1, 0.15) is 58.3 Å². The van der Waals surface area contributed by atoms with Crippen molar-refractivity contribution in [3.8, 4) is 0 Å². The predicted octanol–water partition coefficient (Wildman–Crippen LogP) is 2.54. The van der Waals surface area contributed by atoms with Crippen molar-refractivity contribution in [2.24, 2.45) is 17.6 Å². The van der Waals surface area contributed by atoms with E-state index in [0.29, 0.717) is 11.8 Å². The van der Waals surface area contributed by atoms with E-state index < -0.39 is 0 Å². The number of carbonyl (C=O) groups excluding carboxylic acids is 1. The van der Waals surface area contributed by atoms with Gasteiger partial charge in [0.05, 0.1) is 5.92 Å². The molecule has 0 bridgehead atoms. The lowest BCUT2D eigenvalue weighted by atomic mass is 9.77. The first-order valence-corrected chi connectivity index (χ1v) is 7.74. The zero-order chi connectivity index (χ0) is 13.0. The van der Waals surface area contributed by atoms with E-state index in [1.54, 1.807) is 0 Å². The molecule has 0 radical (unpaired) electrons. The lowest BCUT2D eigenvalue weighted by Gasteiger charge is -2.36. The number of hydrogen-bond acceptors (Lipinski definition) is 2. The van der Waals surface area contributed by atoms with Gasteiger partial charge in [0.1, 0.15) is 0 Å². The molecule has 1 aliphatic heterocycles. The van der Waals surface area contributed by atoms with Gasteiger partial charge in [0.2, 0.25) is 5.91 Å². The maximum absolute atomic E-state index is 12.6. The Labute approximate surface area is 111 Å². The number of hydrogen-bond donors (Lipinski definition) is 1. The number of carbonyl (C=O) groups is 1. The Kier molecular flexibility index (Phi) is 5.04. The lowest BCUT2D eigenvalue weighted by Crippen LogP contribution is -2.49. The summed E-state index contributed by atoms with van der Waals surface area (Å²) in [7, 11) is 0. The molecule has 2 rings (SSSR count). The van der Waals surface area contributed by atoms with E-state index >= 15 is 0 Å². The van der Waals surface area contributed by atoms with E-state index in [-0.39, 0.29) is 12.0 Å². The number of likely N-dealkylation sites (tertiary alicyclic amines) is 1. The Hall–Kier alpha value is -0.570. The Morgan fingerprint density at radius 3 is 2.28 bits per heavy atom. The molecule has 1 saturated carbocycles. The first kappa shape index (κ1) is 13.9. The van der Waals surface area contributed by atoms with E-state index in [1.165, 1.54) is 44.9 Å². The molecule has 1 saturated heterocycles. The van der Waals surface area contributed by atoms with E-state index in [2.05, 4.69) is 11.8 Å². The fraction of sp³-hybridized carbons (Fsp3) is 0.933. The van der Waals surface area contributed by atoms with Crippen LogP contribution in [-0.4, -0.2) is 29.9 Å². The molecule has 3 nitrogen and oxygen atoms in total. The standard InChI is InChI=1S/C15H28N2O/c1-12-8-7-9-13(14(12)16)15(18)17-10-5-3-2-4-6-11-17/h12-14H,2-11,16H2,1H3. The van der Waals surface area contributed by atoms with Crippen LogP contribution < -0.4 is 5.73 Å². The van der Waals surface area contributed by atoms with Crippen LogP contribution in [-0.2, 0) is 4.79 Å². The quantitative estimate of drug-likeness (QED) is 0.779. The highest BCUT2D eigenvalue weighted by molar-refractivity contribution is 5.79. The van der Waals surface area contributed by atoms with E-state index in [9.17, 15) is 4.79 Å². The van der Waals surface area contributed by atoms with Gasteiger partial charge in [0, 0.05) is 19.1 Å². The lowest BCUT2D eigenvalue weighted by molar-refractivity contribution is -0.138. The second-order valence-corrected chi connectivity index (χ2v) is 6.19. The summed E-state index contributed by atoms with van der Waals surface area (Å²) in [6, 6.07) is 0.0803. The van der Waals surface area contributed by atoms with Crippen molar-refractivity contribution in [3.63, 3.8) is 0 Å². The summed E-state index contributed by atoms with van der Waals surface area (Å²) in [4.78, 5) is 14.7. The minimum Gasteiger partial charge on any atom is -0.342 e. The van der Waals surface area contributed by atoms with Gasteiger partial charge in [-0.25, -0.2) is 0 Å². The first-order chi connectivity index (χ1) is 8.70. The van der Waals surface area contributed by atoms with Gasteiger partial charge in [0.15, 0.2) is 0 Å². The average molecular weight is 252 g/mol. The van der Waals surface area contributed by atoms with Crippen molar-refractivity contribution >= 4 is 5.91 Å². The molecule has 104 valence electrons. The van der Waals surface area contributed by atoms with Crippen LogP contribution in [0.15, 0.2) is 0 Å². The fourth-order valence-corrected chi connectivity index (χ4v) is 3.43. The van der Waals surface area contributed by atoms with Crippen molar-refractivity contribution < 1.29 is 4.79 Å². The monoisotopic (exact) mass is 252 g/mol.